The van der Waals surface area contributed by atoms with Crippen molar-refractivity contribution in [3.8, 4) is 0 Å². The fourth-order valence-corrected chi connectivity index (χ4v) is 1.56. The zero-order chi connectivity index (χ0) is 12.0. The standard InChI is InChI=1S/C13H19NO2/c1-11-6-4-7-12(10-11)14(2)9-5-8-13(15)16-3/h4,6-7,10H,5,8-9H2,1-3H3. The monoisotopic (exact) mass is 221 g/mol. The first-order valence-corrected chi connectivity index (χ1v) is 5.48. The molecule has 0 N–H and O–H groups in total. The molecule has 3 heteroatoms. The van der Waals surface area contributed by atoms with Crippen molar-refractivity contribution < 1.29 is 9.53 Å². The minimum Gasteiger partial charge on any atom is -0.469 e. The Bertz CT molecular complexity index is 350. The summed E-state index contributed by atoms with van der Waals surface area (Å²) in [6.07, 6.45) is 1.30. The van der Waals surface area contributed by atoms with Crippen LogP contribution in [0.1, 0.15) is 18.4 Å². The van der Waals surface area contributed by atoms with Gasteiger partial charge in [-0.1, -0.05) is 12.1 Å². The highest BCUT2D eigenvalue weighted by Gasteiger charge is 2.03. The Labute approximate surface area is 97.0 Å². The summed E-state index contributed by atoms with van der Waals surface area (Å²) >= 11 is 0. The van der Waals surface area contributed by atoms with Crippen molar-refractivity contribution in [2.24, 2.45) is 0 Å². The van der Waals surface area contributed by atoms with E-state index in [9.17, 15) is 4.79 Å². The van der Waals surface area contributed by atoms with Gasteiger partial charge in [0.15, 0.2) is 0 Å². The predicted octanol–water partition coefficient (Wildman–Crippen LogP) is 2.38. The van der Waals surface area contributed by atoms with E-state index in [1.54, 1.807) is 0 Å². The van der Waals surface area contributed by atoms with Gasteiger partial charge in [-0.15, -0.1) is 0 Å². The first kappa shape index (κ1) is 12.6. The summed E-state index contributed by atoms with van der Waals surface area (Å²) in [5.41, 5.74) is 2.43. The number of carbonyl (C=O) groups excluding carboxylic acids is 1. The summed E-state index contributed by atoms with van der Waals surface area (Å²) in [5, 5.41) is 0. The van der Waals surface area contributed by atoms with E-state index < -0.39 is 0 Å². The maximum absolute atomic E-state index is 10.9. The van der Waals surface area contributed by atoms with Gasteiger partial charge in [-0.25, -0.2) is 0 Å². The van der Waals surface area contributed by atoms with Gasteiger partial charge in [-0.3, -0.25) is 4.79 Å². The Hall–Kier alpha value is -1.51. The molecular formula is C13H19NO2. The van der Waals surface area contributed by atoms with Crippen molar-refractivity contribution in [1.82, 2.24) is 0 Å². The van der Waals surface area contributed by atoms with Crippen LogP contribution in [-0.4, -0.2) is 26.7 Å². The Morgan fingerprint density at radius 1 is 1.44 bits per heavy atom. The van der Waals surface area contributed by atoms with E-state index in [1.165, 1.54) is 18.4 Å². The minimum atomic E-state index is -0.141. The average Bonchev–Trinajstić information content (AvgIpc) is 2.28. The molecule has 0 aliphatic carbocycles. The molecule has 0 saturated carbocycles. The molecule has 0 radical (unpaired) electrons. The van der Waals surface area contributed by atoms with E-state index in [0.29, 0.717) is 6.42 Å². The lowest BCUT2D eigenvalue weighted by Gasteiger charge is -2.19. The molecule has 88 valence electrons. The molecular weight excluding hydrogens is 202 g/mol. The molecule has 1 rings (SSSR count). The Morgan fingerprint density at radius 2 is 2.19 bits per heavy atom. The number of esters is 1. The van der Waals surface area contributed by atoms with E-state index in [4.69, 9.17) is 0 Å². The molecule has 0 saturated heterocycles. The number of carbonyl (C=O) groups is 1. The molecule has 1 aromatic carbocycles. The first-order chi connectivity index (χ1) is 7.63. The third-order valence-electron chi connectivity index (χ3n) is 2.54. The lowest BCUT2D eigenvalue weighted by Crippen LogP contribution is -2.19. The van der Waals surface area contributed by atoms with Crippen molar-refractivity contribution in [2.75, 3.05) is 25.6 Å². The van der Waals surface area contributed by atoms with Crippen LogP contribution >= 0.6 is 0 Å². The third kappa shape index (κ3) is 3.93. The molecule has 0 heterocycles. The number of rotatable bonds is 5. The molecule has 0 aliphatic heterocycles. The van der Waals surface area contributed by atoms with Crippen molar-refractivity contribution >= 4 is 11.7 Å². The van der Waals surface area contributed by atoms with Crippen molar-refractivity contribution in [2.45, 2.75) is 19.8 Å². The van der Waals surface area contributed by atoms with E-state index in [1.807, 2.05) is 13.1 Å². The second-order valence-corrected chi connectivity index (χ2v) is 3.94. The fourth-order valence-electron chi connectivity index (χ4n) is 1.56. The molecule has 3 nitrogen and oxygen atoms in total. The number of hydrogen-bond donors (Lipinski definition) is 0. The molecule has 0 spiro atoms. The number of ether oxygens (including phenoxy) is 1. The van der Waals surface area contributed by atoms with Gasteiger partial charge in [0, 0.05) is 25.7 Å². The Morgan fingerprint density at radius 3 is 2.81 bits per heavy atom. The van der Waals surface area contributed by atoms with Crippen LogP contribution in [-0.2, 0) is 9.53 Å². The SMILES string of the molecule is COC(=O)CCCN(C)c1cccc(C)c1. The smallest absolute Gasteiger partial charge is 0.305 e. The summed E-state index contributed by atoms with van der Waals surface area (Å²) in [6.45, 7) is 2.93. The van der Waals surface area contributed by atoms with E-state index in [-0.39, 0.29) is 5.97 Å². The zero-order valence-corrected chi connectivity index (χ0v) is 10.2. The Kier molecular flexibility index (Phi) is 4.83. The molecule has 0 bridgehead atoms. The van der Waals surface area contributed by atoms with Crippen LogP contribution in [0.25, 0.3) is 0 Å². The number of methoxy groups -OCH3 is 1. The first-order valence-electron chi connectivity index (χ1n) is 5.48. The highest BCUT2D eigenvalue weighted by atomic mass is 16.5. The molecule has 0 atom stereocenters. The summed E-state index contributed by atoms with van der Waals surface area (Å²) in [5.74, 6) is -0.141. The van der Waals surface area contributed by atoms with Crippen LogP contribution < -0.4 is 4.90 Å². The average molecular weight is 221 g/mol. The summed E-state index contributed by atoms with van der Waals surface area (Å²) in [6, 6.07) is 8.33. The maximum Gasteiger partial charge on any atom is 0.305 e. The van der Waals surface area contributed by atoms with Crippen LogP contribution in [0.4, 0.5) is 5.69 Å². The quantitative estimate of drug-likeness (QED) is 0.715. The Balaban J connectivity index is 2.40. The van der Waals surface area contributed by atoms with Crippen LogP contribution in [0.5, 0.6) is 0 Å². The molecule has 0 fully saturated rings. The van der Waals surface area contributed by atoms with Gasteiger partial charge in [0.1, 0.15) is 0 Å². The van der Waals surface area contributed by atoms with Crippen molar-refractivity contribution in [1.29, 1.82) is 0 Å². The van der Waals surface area contributed by atoms with E-state index in [0.717, 1.165) is 13.0 Å². The number of benzene rings is 1. The van der Waals surface area contributed by atoms with Crippen molar-refractivity contribution in [3.05, 3.63) is 29.8 Å². The molecule has 16 heavy (non-hydrogen) atoms. The lowest BCUT2D eigenvalue weighted by molar-refractivity contribution is -0.140. The van der Waals surface area contributed by atoms with Crippen LogP contribution in [0.3, 0.4) is 0 Å². The largest absolute Gasteiger partial charge is 0.469 e. The number of anilines is 1. The second-order valence-electron chi connectivity index (χ2n) is 3.94. The zero-order valence-electron chi connectivity index (χ0n) is 10.2. The summed E-state index contributed by atoms with van der Waals surface area (Å²) in [4.78, 5) is 13.1. The lowest BCUT2D eigenvalue weighted by atomic mass is 10.2. The third-order valence-corrected chi connectivity index (χ3v) is 2.54. The van der Waals surface area contributed by atoms with Gasteiger partial charge >= 0.3 is 5.97 Å². The molecule has 0 aliphatic rings. The van der Waals surface area contributed by atoms with Crippen LogP contribution in [0.2, 0.25) is 0 Å². The minimum absolute atomic E-state index is 0.141. The normalized spacial score (nSPS) is 9.94. The highest BCUT2D eigenvalue weighted by molar-refractivity contribution is 5.69. The van der Waals surface area contributed by atoms with Gasteiger partial charge in [-0.05, 0) is 31.0 Å². The van der Waals surface area contributed by atoms with Crippen LogP contribution in [0, 0.1) is 6.92 Å². The molecule has 0 amide bonds. The van der Waals surface area contributed by atoms with Crippen molar-refractivity contribution in [3.63, 3.8) is 0 Å². The van der Waals surface area contributed by atoms with Crippen LogP contribution in [0.15, 0.2) is 24.3 Å². The predicted molar refractivity (Wildman–Crippen MR) is 65.7 cm³/mol. The van der Waals surface area contributed by atoms with Gasteiger partial charge < -0.3 is 9.64 Å². The maximum atomic E-state index is 10.9. The second kappa shape index (κ2) is 6.16. The summed E-state index contributed by atoms with van der Waals surface area (Å²) < 4.78 is 4.60. The number of hydrogen-bond acceptors (Lipinski definition) is 3. The van der Waals surface area contributed by atoms with Gasteiger partial charge in [0.2, 0.25) is 0 Å². The van der Waals surface area contributed by atoms with Gasteiger partial charge in [0.25, 0.3) is 0 Å². The van der Waals surface area contributed by atoms with Gasteiger partial charge in [0.05, 0.1) is 7.11 Å². The van der Waals surface area contributed by atoms with E-state index in [2.05, 4.69) is 34.8 Å². The number of aryl methyl sites for hydroxylation is 1. The topological polar surface area (TPSA) is 29.5 Å². The summed E-state index contributed by atoms with van der Waals surface area (Å²) in [7, 11) is 3.46. The van der Waals surface area contributed by atoms with E-state index >= 15 is 0 Å². The molecule has 0 unspecified atom stereocenters. The van der Waals surface area contributed by atoms with Gasteiger partial charge in [-0.2, -0.15) is 0 Å². The molecule has 0 aromatic heterocycles. The molecule has 1 aromatic rings. The number of nitrogens with zero attached hydrogens (tertiary/aromatic N) is 1. The fraction of sp³-hybridized carbons (Fsp3) is 0.462. The highest BCUT2D eigenvalue weighted by Crippen LogP contribution is 2.14.